The molecule has 0 saturated heterocycles. The molecule has 0 saturated carbocycles. The summed E-state index contributed by atoms with van der Waals surface area (Å²) in [6, 6.07) is 93.4. The van der Waals surface area contributed by atoms with Crippen molar-refractivity contribution in [1.29, 1.82) is 0 Å². The Morgan fingerprint density at radius 1 is 0.197 bits per heavy atom. The second kappa shape index (κ2) is 16.6. The number of rotatable bonds is 7. The third-order valence-corrected chi connectivity index (χ3v) is 15.4. The molecule has 7 heteroatoms. The average Bonchev–Trinajstić information content (AvgIpc) is 4.26. The largest absolute Gasteiger partial charge is 0.309 e. The second-order valence-electron chi connectivity index (χ2n) is 19.6. The molecule has 354 valence electrons. The van der Waals surface area contributed by atoms with Crippen LogP contribution in [0.25, 0.3) is 144 Å². The number of fused-ring (bicyclic) bond motifs is 12. The molecule has 11 aromatic carbocycles. The molecule has 16 rings (SSSR count). The molecule has 0 aliphatic carbocycles. The van der Waals surface area contributed by atoms with Gasteiger partial charge in [0, 0.05) is 71.2 Å². The molecular formula is C69H43N7. The van der Waals surface area contributed by atoms with Gasteiger partial charge < -0.3 is 18.3 Å². The van der Waals surface area contributed by atoms with Crippen LogP contribution >= 0.6 is 0 Å². The smallest absolute Gasteiger partial charge is 0.164 e. The van der Waals surface area contributed by atoms with Crippen molar-refractivity contribution in [2.45, 2.75) is 0 Å². The van der Waals surface area contributed by atoms with Gasteiger partial charge in [-0.05, 0) is 84.9 Å². The lowest BCUT2D eigenvalue weighted by Crippen LogP contribution is -2.06. The maximum atomic E-state index is 5.44. The minimum Gasteiger partial charge on any atom is -0.309 e. The topological polar surface area (TPSA) is 58.4 Å². The molecule has 0 radical (unpaired) electrons. The Morgan fingerprint density at radius 2 is 0.539 bits per heavy atom. The zero-order valence-electron chi connectivity index (χ0n) is 41.0. The summed E-state index contributed by atoms with van der Waals surface area (Å²) in [7, 11) is 0. The van der Waals surface area contributed by atoms with Gasteiger partial charge in [0.05, 0.1) is 55.5 Å². The summed E-state index contributed by atoms with van der Waals surface area (Å²) in [4.78, 5) is 16.1. The van der Waals surface area contributed by atoms with Crippen molar-refractivity contribution in [1.82, 2.24) is 33.2 Å². The van der Waals surface area contributed by atoms with Crippen molar-refractivity contribution >= 4 is 87.2 Å². The number of nitrogens with zero attached hydrogens (tertiary/aromatic N) is 7. The molecule has 76 heavy (non-hydrogen) atoms. The lowest BCUT2D eigenvalue weighted by molar-refractivity contribution is 1.06. The fourth-order valence-electron chi connectivity index (χ4n) is 12.1. The van der Waals surface area contributed by atoms with Crippen molar-refractivity contribution in [3.63, 3.8) is 0 Å². The predicted octanol–water partition coefficient (Wildman–Crippen LogP) is 17.3. The first-order valence-corrected chi connectivity index (χ1v) is 25.8. The Kier molecular flexibility index (Phi) is 9.20. The third kappa shape index (κ3) is 6.33. The van der Waals surface area contributed by atoms with E-state index in [1.807, 2.05) is 18.2 Å². The van der Waals surface area contributed by atoms with E-state index in [-0.39, 0.29) is 0 Å². The van der Waals surface area contributed by atoms with E-state index in [0.717, 1.165) is 77.9 Å². The van der Waals surface area contributed by atoms with E-state index in [9.17, 15) is 0 Å². The van der Waals surface area contributed by atoms with Crippen LogP contribution in [0.2, 0.25) is 0 Å². The highest BCUT2D eigenvalue weighted by Gasteiger charge is 2.23. The fourth-order valence-corrected chi connectivity index (χ4v) is 12.1. The molecule has 5 heterocycles. The molecule has 0 unspecified atom stereocenters. The molecular weight excluding hydrogens is 927 g/mol. The van der Waals surface area contributed by atoms with Crippen molar-refractivity contribution in [3.8, 4) is 56.9 Å². The average molecular weight is 970 g/mol. The summed E-state index contributed by atoms with van der Waals surface area (Å²) >= 11 is 0. The van der Waals surface area contributed by atoms with Crippen LogP contribution in [-0.4, -0.2) is 33.2 Å². The predicted molar refractivity (Wildman–Crippen MR) is 313 cm³/mol. The molecule has 0 N–H and O–H groups in total. The van der Waals surface area contributed by atoms with E-state index >= 15 is 0 Å². The summed E-state index contributed by atoms with van der Waals surface area (Å²) in [5.41, 5.74) is 15.9. The molecule has 7 nitrogen and oxygen atoms in total. The van der Waals surface area contributed by atoms with Crippen molar-refractivity contribution in [3.05, 3.63) is 261 Å². The molecule has 0 atom stereocenters. The summed E-state index contributed by atoms with van der Waals surface area (Å²) in [6.07, 6.45) is 0. The first-order valence-electron chi connectivity index (χ1n) is 25.8. The maximum Gasteiger partial charge on any atom is 0.164 e. The Bertz CT molecular complexity index is 4850. The summed E-state index contributed by atoms with van der Waals surface area (Å²) in [5.74, 6) is 1.77. The van der Waals surface area contributed by atoms with Crippen molar-refractivity contribution in [2.24, 2.45) is 0 Å². The van der Waals surface area contributed by atoms with E-state index in [0.29, 0.717) is 17.5 Å². The molecule has 16 aromatic rings. The van der Waals surface area contributed by atoms with Gasteiger partial charge in [-0.15, -0.1) is 0 Å². The van der Waals surface area contributed by atoms with Crippen molar-refractivity contribution in [2.75, 3.05) is 0 Å². The standard InChI is InChI=1S/C69H43N7/c1-2-19-44(20-3-1)67-70-68(45-21-18-22-47(41-45)73-57-30-11-4-23-49(57)50-24-5-12-31-58(50)73)72-69(71-67)46-37-40-64(75-61-34-15-8-27-53(61)54-28-9-16-35-62(54)75)66(42-46)76-63-36-17-10-29-55(63)56-39-38-48(43-65(56)76)74-59-32-13-6-25-51(59)52-26-7-14-33-60(52)74/h1-43H. The Morgan fingerprint density at radius 3 is 1.00 bits per heavy atom. The zero-order chi connectivity index (χ0) is 49.8. The van der Waals surface area contributed by atoms with Crippen LogP contribution < -0.4 is 0 Å². The van der Waals surface area contributed by atoms with Gasteiger partial charge in [-0.1, -0.05) is 176 Å². The zero-order valence-corrected chi connectivity index (χ0v) is 41.0. The number of benzene rings is 11. The highest BCUT2D eigenvalue weighted by atomic mass is 15.1. The van der Waals surface area contributed by atoms with Gasteiger partial charge in [-0.25, -0.2) is 15.0 Å². The highest BCUT2D eigenvalue weighted by molar-refractivity contribution is 6.14. The minimum absolute atomic E-state index is 0.577. The number of hydrogen-bond acceptors (Lipinski definition) is 3. The maximum absolute atomic E-state index is 5.44. The van der Waals surface area contributed by atoms with Crippen LogP contribution in [0.5, 0.6) is 0 Å². The number of hydrogen-bond donors (Lipinski definition) is 0. The highest BCUT2D eigenvalue weighted by Crippen LogP contribution is 2.42. The molecule has 0 aliphatic heterocycles. The van der Waals surface area contributed by atoms with Gasteiger partial charge in [0.1, 0.15) is 0 Å². The first kappa shape index (κ1) is 42.2. The Labute approximate surface area is 436 Å². The van der Waals surface area contributed by atoms with E-state index < -0.39 is 0 Å². The van der Waals surface area contributed by atoms with Gasteiger partial charge in [-0.2, -0.15) is 0 Å². The normalized spacial score (nSPS) is 11.9. The minimum atomic E-state index is 0.577. The van der Waals surface area contributed by atoms with Crippen LogP contribution in [-0.2, 0) is 0 Å². The molecule has 5 aromatic heterocycles. The first-order chi connectivity index (χ1) is 37.7. The van der Waals surface area contributed by atoms with Crippen LogP contribution in [0.15, 0.2) is 261 Å². The number of aromatic nitrogens is 7. The summed E-state index contributed by atoms with van der Waals surface area (Å²) in [6.45, 7) is 0. The lowest BCUT2D eigenvalue weighted by atomic mass is 10.1. The third-order valence-electron chi connectivity index (χ3n) is 15.4. The molecule has 0 spiro atoms. The summed E-state index contributed by atoms with van der Waals surface area (Å²) < 4.78 is 9.63. The molecule has 0 fully saturated rings. The van der Waals surface area contributed by atoms with E-state index in [1.54, 1.807) is 0 Å². The monoisotopic (exact) mass is 969 g/mol. The summed E-state index contributed by atoms with van der Waals surface area (Å²) in [5, 5.41) is 9.60. The van der Waals surface area contributed by atoms with E-state index in [2.05, 4.69) is 261 Å². The van der Waals surface area contributed by atoms with Crippen LogP contribution in [0.3, 0.4) is 0 Å². The lowest BCUT2D eigenvalue weighted by Gasteiger charge is -2.19. The van der Waals surface area contributed by atoms with E-state index in [1.165, 1.54) is 48.7 Å². The molecule has 0 amide bonds. The van der Waals surface area contributed by atoms with Crippen LogP contribution in [0.4, 0.5) is 0 Å². The van der Waals surface area contributed by atoms with Gasteiger partial charge in [-0.3, -0.25) is 0 Å². The van der Waals surface area contributed by atoms with Crippen molar-refractivity contribution < 1.29 is 0 Å². The number of para-hydroxylation sites is 7. The van der Waals surface area contributed by atoms with Crippen LogP contribution in [0.1, 0.15) is 0 Å². The Balaban J connectivity index is 0.965. The fraction of sp³-hybridized carbons (Fsp3) is 0. The Hall–Kier alpha value is -10.4. The molecule has 0 bridgehead atoms. The van der Waals surface area contributed by atoms with Gasteiger partial charge in [0.25, 0.3) is 0 Å². The quantitative estimate of drug-likeness (QED) is 0.160. The SMILES string of the molecule is c1ccc(-c2nc(-c3cccc(-n4c5ccccc5c5ccccc54)c3)nc(-c3ccc(-n4c5ccccc5c5ccccc54)c(-n4c5ccccc5c5ccc(-n6c7ccccc7c7ccccc76)cc54)c3)n2)cc1. The van der Waals surface area contributed by atoms with Gasteiger partial charge in [0.2, 0.25) is 0 Å². The van der Waals surface area contributed by atoms with E-state index in [4.69, 9.17) is 15.0 Å². The second-order valence-corrected chi connectivity index (χ2v) is 19.6. The van der Waals surface area contributed by atoms with Gasteiger partial charge >= 0.3 is 0 Å². The van der Waals surface area contributed by atoms with Crippen LogP contribution in [0, 0.1) is 0 Å². The molecule has 0 aliphatic rings. The van der Waals surface area contributed by atoms with Gasteiger partial charge in [0.15, 0.2) is 17.5 Å².